The zero-order chi connectivity index (χ0) is 6.69. The van der Waals surface area contributed by atoms with Crippen molar-refractivity contribution in [2.45, 2.75) is 0 Å². The van der Waals surface area contributed by atoms with Crippen LogP contribution in [0.25, 0.3) is 0 Å². The van der Waals surface area contributed by atoms with Gasteiger partial charge in [-0.2, -0.15) is 0 Å². The lowest BCUT2D eigenvalue weighted by Crippen LogP contribution is -2.36. The maximum absolute atomic E-state index is 3.24. The Bertz CT molecular complexity index is 117. The summed E-state index contributed by atoms with van der Waals surface area (Å²) in [5.74, 6) is 1.15. The van der Waals surface area contributed by atoms with Gasteiger partial charge in [0.2, 0.25) is 0 Å². The molecule has 0 aromatic heterocycles. The number of hydrogen-bond donors (Lipinski definition) is 2. The quantitative estimate of drug-likeness (QED) is 0.499. The van der Waals surface area contributed by atoms with Crippen LogP contribution in [0.5, 0.6) is 0 Å². The zero-order valence-electron chi connectivity index (χ0n) is 5.94. The van der Waals surface area contributed by atoms with E-state index in [1.807, 2.05) is 25.2 Å². The van der Waals surface area contributed by atoms with Gasteiger partial charge >= 0.3 is 0 Å². The molecule has 0 fully saturated rings. The molecule has 0 amide bonds. The summed E-state index contributed by atoms with van der Waals surface area (Å²) in [6, 6.07) is 0. The van der Waals surface area contributed by atoms with Crippen molar-refractivity contribution in [1.29, 1.82) is 0 Å². The monoisotopic (exact) mass is 127 g/mol. The largest absolute Gasteiger partial charge is 0.386 e. The highest BCUT2D eigenvalue weighted by Gasteiger charge is 2.00. The summed E-state index contributed by atoms with van der Waals surface area (Å²) in [6.45, 7) is 2.04. The Kier molecular flexibility index (Phi) is 1.82. The maximum atomic E-state index is 3.24. The van der Waals surface area contributed by atoms with Crippen LogP contribution in [0.3, 0.4) is 0 Å². The first kappa shape index (κ1) is 6.26. The Morgan fingerprint density at radius 1 is 1.44 bits per heavy atom. The molecule has 0 atom stereocenters. The van der Waals surface area contributed by atoms with Gasteiger partial charge in [0.25, 0.3) is 0 Å². The van der Waals surface area contributed by atoms with E-state index < -0.39 is 0 Å². The molecule has 0 aromatic carbocycles. The molecule has 0 saturated heterocycles. The number of hydrogen-bond acceptors (Lipinski definition) is 3. The number of nitrogens with zero attached hydrogens (tertiary/aromatic N) is 1. The molecule has 0 aliphatic carbocycles. The van der Waals surface area contributed by atoms with E-state index in [1.165, 1.54) is 0 Å². The molecule has 1 rings (SSSR count). The predicted molar refractivity (Wildman–Crippen MR) is 37.8 cm³/mol. The molecule has 0 radical (unpaired) electrons. The van der Waals surface area contributed by atoms with E-state index >= 15 is 0 Å². The second-order valence-electron chi connectivity index (χ2n) is 2.30. The molecular weight excluding hydrogens is 114 g/mol. The van der Waals surface area contributed by atoms with Crippen LogP contribution in [-0.4, -0.2) is 32.1 Å². The van der Waals surface area contributed by atoms with Gasteiger partial charge in [-0.15, -0.1) is 0 Å². The summed E-state index contributed by atoms with van der Waals surface area (Å²) in [5, 5.41) is 6.39. The molecule has 9 heavy (non-hydrogen) atoms. The summed E-state index contributed by atoms with van der Waals surface area (Å²) in [4.78, 5) is 2.05. The molecule has 1 aliphatic heterocycles. The third kappa shape index (κ3) is 1.52. The topological polar surface area (TPSA) is 27.3 Å². The first-order valence-corrected chi connectivity index (χ1v) is 3.15. The summed E-state index contributed by atoms with van der Waals surface area (Å²) < 4.78 is 0. The molecule has 52 valence electrons. The van der Waals surface area contributed by atoms with Crippen molar-refractivity contribution in [2.75, 3.05) is 27.2 Å². The van der Waals surface area contributed by atoms with Crippen LogP contribution in [0, 0.1) is 0 Å². The summed E-state index contributed by atoms with van der Waals surface area (Å²) in [6.07, 6.45) is 1.99. The van der Waals surface area contributed by atoms with Crippen LogP contribution in [0.2, 0.25) is 0 Å². The fraction of sp³-hybridized carbons (Fsp3) is 0.667. The van der Waals surface area contributed by atoms with Crippen molar-refractivity contribution < 1.29 is 0 Å². The standard InChI is InChI=1S/C6H13N3/c1-9(2)6-5-7-3-4-8-6/h5,7-8H,3-4H2,1-2H3. The highest BCUT2D eigenvalue weighted by molar-refractivity contribution is 4.98. The predicted octanol–water partition coefficient (Wildman–Crippen LogP) is -0.460. The molecule has 0 aromatic rings. The minimum absolute atomic E-state index is 1.02. The molecule has 0 unspecified atom stereocenters. The molecule has 2 N–H and O–H groups in total. The SMILES string of the molecule is CN(C)C1=CNCCN1. The van der Waals surface area contributed by atoms with Gasteiger partial charge in [0, 0.05) is 33.4 Å². The van der Waals surface area contributed by atoms with Gasteiger partial charge in [-0.3, -0.25) is 0 Å². The minimum Gasteiger partial charge on any atom is -0.386 e. The van der Waals surface area contributed by atoms with Crippen molar-refractivity contribution in [3.8, 4) is 0 Å². The number of nitrogens with one attached hydrogen (secondary N) is 2. The lowest BCUT2D eigenvalue weighted by atomic mass is 10.5. The Morgan fingerprint density at radius 2 is 2.22 bits per heavy atom. The van der Waals surface area contributed by atoms with E-state index in [-0.39, 0.29) is 0 Å². The second-order valence-corrected chi connectivity index (χ2v) is 2.30. The first-order chi connectivity index (χ1) is 4.30. The first-order valence-electron chi connectivity index (χ1n) is 3.15. The highest BCUT2D eigenvalue weighted by atomic mass is 15.2. The van der Waals surface area contributed by atoms with Gasteiger partial charge in [0.05, 0.1) is 0 Å². The molecule has 1 aliphatic rings. The third-order valence-corrected chi connectivity index (χ3v) is 1.30. The zero-order valence-corrected chi connectivity index (χ0v) is 5.94. The van der Waals surface area contributed by atoms with Crippen molar-refractivity contribution in [2.24, 2.45) is 0 Å². The average Bonchev–Trinajstić information content (AvgIpc) is 1.90. The van der Waals surface area contributed by atoms with Crippen molar-refractivity contribution >= 4 is 0 Å². The van der Waals surface area contributed by atoms with E-state index in [9.17, 15) is 0 Å². The van der Waals surface area contributed by atoms with Crippen molar-refractivity contribution in [3.63, 3.8) is 0 Å². The molecule has 0 saturated carbocycles. The van der Waals surface area contributed by atoms with Gasteiger partial charge in [-0.25, -0.2) is 0 Å². The molecule has 0 spiro atoms. The van der Waals surface area contributed by atoms with Gasteiger partial charge in [-0.05, 0) is 0 Å². The van der Waals surface area contributed by atoms with E-state index in [2.05, 4.69) is 10.6 Å². The van der Waals surface area contributed by atoms with Gasteiger partial charge < -0.3 is 15.5 Å². The molecule has 1 heterocycles. The van der Waals surface area contributed by atoms with Crippen LogP contribution in [0.1, 0.15) is 0 Å². The fourth-order valence-corrected chi connectivity index (χ4v) is 0.770. The van der Waals surface area contributed by atoms with E-state index in [1.54, 1.807) is 0 Å². The highest BCUT2D eigenvalue weighted by Crippen LogP contribution is 1.92. The fourth-order valence-electron chi connectivity index (χ4n) is 0.770. The minimum atomic E-state index is 1.02. The Hall–Kier alpha value is -0.860. The van der Waals surface area contributed by atoms with Crippen molar-refractivity contribution in [3.05, 3.63) is 12.0 Å². The summed E-state index contributed by atoms with van der Waals surface area (Å²) in [5.41, 5.74) is 0. The Balaban J connectivity index is 2.46. The smallest absolute Gasteiger partial charge is 0.117 e. The van der Waals surface area contributed by atoms with Crippen LogP contribution in [0.4, 0.5) is 0 Å². The van der Waals surface area contributed by atoms with E-state index in [4.69, 9.17) is 0 Å². The van der Waals surface area contributed by atoms with Crippen molar-refractivity contribution in [1.82, 2.24) is 15.5 Å². The van der Waals surface area contributed by atoms with Crippen LogP contribution < -0.4 is 10.6 Å². The molecule has 3 heteroatoms. The lowest BCUT2D eigenvalue weighted by molar-refractivity contribution is 0.440. The second kappa shape index (κ2) is 2.62. The van der Waals surface area contributed by atoms with Crippen LogP contribution in [-0.2, 0) is 0 Å². The van der Waals surface area contributed by atoms with Gasteiger partial charge in [0.1, 0.15) is 5.82 Å². The van der Waals surface area contributed by atoms with Gasteiger partial charge in [-0.1, -0.05) is 0 Å². The number of rotatable bonds is 1. The molecular formula is C6H13N3. The van der Waals surface area contributed by atoms with Crippen LogP contribution in [0.15, 0.2) is 12.0 Å². The van der Waals surface area contributed by atoms with Gasteiger partial charge in [0.15, 0.2) is 0 Å². The van der Waals surface area contributed by atoms with Crippen LogP contribution >= 0.6 is 0 Å². The average molecular weight is 127 g/mol. The molecule has 3 nitrogen and oxygen atoms in total. The lowest BCUT2D eigenvalue weighted by Gasteiger charge is -2.22. The Morgan fingerprint density at radius 3 is 2.56 bits per heavy atom. The normalized spacial score (nSPS) is 17.3. The maximum Gasteiger partial charge on any atom is 0.117 e. The molecule has 0 bridgehead atoms. The van der Waals surface area contributed by atoms with E-state index in [0.29, 0.717) is 0 Å². The Labute approximate surface area is 55.7 Å². The summed E-state index contributed by atoms with van der Waals surface area (Å²) >= 11 is 0. The third-order valence-electron chi connectivity index (χ3n) is 1.30. The van der Waals surface area contributed by atoms with E-state index in [0.717, 1.165) is 18.9 Å². The summed E-state index contributed by atoms with van der Waals surface area (Å²) in [7, 11) is 4.04.